The fourth-order valence-electron chi connectivity index (χ4n) is 2.50. The average molecular weight is 308 g/mol. The van der Waals surface area contributed by atoms with Crippen molar-refractivity contribution in [2.75, 3.05) is 19.0 Å². The Bertz CT molecular complexity index is 718. The van der Waals surface area contributed by atoms with E-state index >= 15 is 0 Å². The quantitative estimate of drug-likeness (QED) is 0.883. The van der Waals surface area contributed by atoms with Crippen LogP contribution in [0.15, 0.2) is 43.2 Å². The number of aromatic nitrogens is 2. The minimum Gasteiger partial charge on any atom is -0.380 e. The van der Waals surface area contributed by atoms with Gasteiger partial charge < -0.3 is 14.8 Å². The Labute approximate surface area is 138 Å². The Hall–Kier alpha value is -2.49. The van der Waals surface area contributed by atoms with Crippen LogP contribution in [-0.2, 0) is 0 Å². The van der Waals surface area contributed by atoms with Gasteiger partial charge in [-0.1, -0.05) is 18.7 Å². The molecule has 1 aromatic carbocycles. The van der Waals surface area contributed by atoms with Crippen LogP contribution < -0.4 is 10.2 Å². The second-order valence-corrected chi connectivity index (χ2v) is 6.31. The van der Waals surface area contributed by atoms with E-state index in [0.29, 0.717) is 6.04 Å². The third-order valence-corrected chi connectivity index (χ3v) is 4.07. The number of nitrogens with zero attached hydrogens (tertiary/aromatic N) is 3. The van der Waals surface area contributed by atoms with Crippen LogP contribution in [-0.4, -0.2) is 29.7 Å². The molecule has 23 heavy (non-hydrogen) atoms. The molecule has 0 atom stereocenters. The van der Waals surface area contributed by atoms with E-state index in [1.54, 1.807) is 0 Å². The van der Waals surface area contributed by atoms with E-state index in [-0.39, 0.29) is 0 Å². The first-order valence-electron chi connectivity index (χ1n) is 7.99. The van der Waals surface area contributed by atoms with Crippen LogP contribution >= 0.6 is 0 Å². The highest BCUT2D eigenvalue weighted by atomic mass is 15.1. The molecule has 4 nitrogen and oxygen atoms in total. The molecule has 1 N–H and O–H groups in total. The van der Waals surface area contributed by atoms with E-state index in [4.69, 9.17) is 0 Å². The Kier molecular flexibility index (Phi) is 4.24. The maximum absolute atomic E-state index is 4.43. The molecule has 3 rings (SSSR count). The lowest BCUT2D eigenvalue weighted by atomic mass is 10.1. The van der Waals surface area contributed by atoms with Gasteiger partial charge in [0, 0.05) is 44.4 Å². The Morgan fingerprint density at radius 1 is 1.30 bits per heavy atom. The highest BCUT2D eigenvalue weighted by molar-refractivity contribution is 5.76. The highest BCUT2D eigenvalue weighted by Crippen LogP contribution is 2.23. The summed E-state index contributed by atoms with van der Waals surface area (Å²) in [4.78, 5) is 6.53. The highest BCUT2D eigenvalue weighted by Gasteiger charge is 2.22. The summed E-state index contributed by atoms with van der Waals surface area (Å²) < 4.78 is 2.03. The SMILES string of the molecule is C=C(NC1CC1)c1nccn1/C=C(\C)c1ccc(N(C)C)cc1. The molecule has 1 aliphatic rings. The van der Waals surface area contributed by atoms with Crippen molar-refractivity contribution in [1.82, 2.24) is 14.9 Å². The molecule has 0 radical (unpaired) electrons. The van der Waals surface area contributed by atoms with Gasteiger partial charge in [0.05, 0.1) is 5.70 Å². The Balaban J connectivity index is 1.80. The zero-order valence-corrected chi connectivity index (χ0v) is 14.1. The maximum atomic E-state index is 4.43. The molecule has 2 aromatic rings. The maximum Gasteiger partial charge on any atom is 0.159 e. The Morgan fingerprint density at radius 3 is 2.61 bits per heavy atom. The van der Waals surface area contributed by atoms with Crippen molar-refractivity contribution in [2.45, 2.75) is 25.8 Å². The number of nitrogens with one attached hydrogen (secondary N) is 1. The number of rotatable bonds is 6. The number of imidazole rings is 1. The van der Waals surface area contributed by atoms with Crippen molar-refractivity contribution in [3.8, 4) is 0 Å². The second-order valence-electron chi connectivity index (χ2n) is 6.31. The van der Waals surface area contributed by atoms with E-state index in [1.165, 1.54) is 29.7 Å². The molecule has 4 heteroatoms. The summed E-state index contributed by atoms with van der Waals surface area (Å²) in [5.41, 5.74) is 4.49. The van der Waals surface area contributed by atoms with Crippen molar-refractivity contribution in [3.05, 3.63) is 54.6 Å². The van der Waals surface area contributed by atoms with Crippen LogP contribution in [0.2, 0.25) is 0 Å². The summed E-state index contributed by atoms with van der Waals surface area (Å²) in [6, 6.07) is 9.14. The van der Waals surface area contributed by atoms with Gasteiger partial charge in [-0.15, -0.1) is 0 Å². The summed E-state index contributed by atoms with van der Waals surface area (Å²) in [5.74, 6) is 0.876. The molecule has 0 aliphatic heterocycles. The smallest absolute Gasteiger partial charge is 0.159 e. The van der Waals surface area contributed by atoms with Crippen molar-refractivity contribution in [3.63, 3.8) is 0 Å². The van der Waals surface area contributed by atoms with Gasteiger partial charge in [-0.25, -0.2) is 4.98 Å². The summed E-state index contributed by atoms with van der Waals surface area (Å²) in [5, 5.41) is 3.42. The standard InChI is InChI=1S/C19H24N4/c1-14(16-5-9-18(10-6-16)22(3)4)13-23-12-11-20-19(23)15(2)21-17-7-8-17/h5-6,9-13,17,21H,2,7-8H2,1,3-4H3/b14-13+. The lowest BCUT2D eigenvalue weighted by Crippen LogP contribution is -2.15. The van der Waals surface area contributed by atoms with Crippen molar-refractivity contribution < 1.29 is 0 Å². The lowest BCUT2D eigenvalue weighted by Gasteiger charge is -2.13. The van der Waals surface area contributed by atoms with E-state index < -0.39 is 0 Å². The largest absolute Gasteiger partial charge is 0.380 e. The Morgan fingerprint density at radius 2 is 2.00 bits per heavy atom. The first kappa shape index (κ1) is 15.4. The number of allylic oxidation sites excluding steroid dienone is 1. The zero-order chi connectivity index (χ0) is 16.4. The van der Waals surface area contributed by atoms with Gasteiger partial charge in [-0.3, -0.25) is 0 Å². The molecule has 1 heterocycles. The molecule has 0 amide bonds. The molecule has 1 aromatic heterocycles. The van der Waals surface area contributed by atoms with Crippen LogP contribution in [0.25, 0.3) is 17.5 Å². The second kappa shape index (κ2) is 6.32. The fraction of sp³-hybridized carbons (Fsp3) is 0.316. The van der Waals surface area contributed by atoms with Gasteiger partial charge in [-0.05, 0) is 43.0 Å². The minimum atomic E-state index is 0.580. The third kappa shape index (κ3) is 3.65. The predicted octanol–water partition coefficient (Wildman–Crippen LogP) is 3.69. The van der Waals surface area contributed by atoms with E-state index in [9.17, 15) is 0 Å². The van der Waals surface area contributed by atoms with Crippen LogP contribution in [0, 0.1) is 0 Å². The van der Waals surface area contributed by atoms with Crippen LogP contribution in [0.3, 0.4) is 0 Å². The van der Waals surface area contributed by atoms with Gasteiger partial charge in [0.1, 0.15) is 0 Å². The van der Waals surface area contributed by atoms with Gasteiger partial charge in [0.2, 0.25) is 0 Å². The summed E-state index contributed by atoms with van der Waals surface area (Å²) in [6.45, 7) is 6.24. The number of hydrogen-bond donors (Lipinski definition) is 1. The predicted molar refractivity (Wildman–Crippen MR) is 98.0 cm³/mol. The first-order chi connectivity index (χ1) is 11.0. The first-order valence-corrected chi connectivity index (χ1v) is 7.99. The molecule has 1 fully saturated rings. The molecular formula is C19H24N4. The number of anilines is 1. The zero-order valence-electron chi connectivity index (χ0n) is 14.1. The van der Waals surface area contributed by atoms with Crippen molar-refractivity contribution >= 4 is 23.2 Å². The van der Waals surface area contributed by atoms with E-state index in [0.717, 1.165) is 11.5 Å². The van der Waals surface area contributed by atoms with Crippen LogP contribution in [0.1, 0.15) is 31.2 Å². The summed E-state index contributed by atoms with van der Waals surface area (Å²) >= 11 is 0. The molecular weight excluding hydrogens is 284 g/mol. The molecule has 0 bridgehead atoms. The average Bonchev–Trinajstić information content (AvgIpc) is 3.22. The third-order valence-electron chi connectivity index (χ3n) is 4.07. The van der Waals surface area contributed by atoms with Crippen molar-refractivity contribution in [2.24, 2.45) is 0 Å². The van der Waals surface area contributed by atoms with Gasteiger partial charge in [0.25, 0.3) is 0 Å². The molecule has 1 saturated carbocycles. The topological polar surface area (TPSA) is 33.1 Å². The van der Waals surface area contributed by atoms with Gasteiger partial charge in [0.15, 0.2) is 5.82 Å². The van der Waals surface area contributed by atoms with E-state index in [2.05, 4.69) is 59.2 Å². The monoisotopic (exact) mass is 308 g/mol. The number of hydrogen-bond acceptors (Lipinski definition) is 3. The van der Waals surface area contributed by atoms with Crippen LogP contribution in [0.5, 0.6) is 0 Å². The summed E-state index contributed by atoms with van der Waals surface area (Å²) in [6.07, 6.45) is 8.34. The fourth-order valence-corrected chi connectivity index (χ4v) is 2.50. The van der Waals surface area contributed by atoms with Crippen LogP contribution in [0.4, 0.5) is 5.69 Å². The molecule has 1 aliphatic carbocycles. The van der Waals surface area contributed by atoms with Gasteiger partial charge >= 0.3 is 0 Å². The summed E-state index contributed by atoms with van der Waals surface area (Å²) in [7, 11) is 4.10. The molecule has 120 valence electrons. The number of benzene rings is 1. The molecule has 0 unspecified atom stereocenters. The van der Waals surface area contributed by atoms with Gasteiger partial charge in [-0.2, -0.15) is 0 Å². The van der Waals surface area contributed by atoms with Crippen molar-refractivity contribution in [1.29, 1.82) is 0 Å². The lowest BCUT2D eigenvalue weighted by molar-refractivity contribution is 0.864. The normalized spacial score (nSPS) is 14.7. The molecule has 0 saturated heterocycles. The molecule has 0 spiro atoms. The van der Waals surface area contributed by atoms with E-state index in [1.807, 2.05) is 31.1 Å². The minimum absolute atomic E-state index is 0.580.